The summed E-state index contributed by atoms with van der Waals surface area (Å²) in [7, 11) is -3.18. The van der Waals surface area contributed by atoms with Gasteiger partial charge in [-0.25, -0.2) is 0 Å². The molecule has 0 radical (unpaired) electrons. The van der Waals surface area contributed by atoms with Crippen LogP contribution < -0.4 is 39.2 Å². The van der Waals surface area contributed by atoms with E-state index >= 15 is 0 Å². The van der Waals surface area contributed by atoms with E-state index in [1.807, 2.05) is 19.1 Å². The minimum atomic E-state index is -3.18. The summed E-state index contributed by atoms with van der Waals surface area (Å²) in [4.78, 5) is 10.7. The normalized spacial score (nSPS) is 13.4. The fourth-order valence-electron chi connectivity index (χ4n) is 2.33. The van der Waals surface area contributed by atoms with Crippen molar-refractivity contribution in [3.63, 3.8) is 0 Å². The van der Waals surface area contributed by atoms with Crippen LogP contribution in [-0.2, 0) is 26.5 Å². The molecule has 0 aromatic heterocycles. The number of hydrogen-bond donors (Lipinski definition) is 0. The van der Waals surface area contributed by atoms with Crippen LogP contribution in [0, 0.1) is 0 Å². The quantitative estimate of drug-likeness (QED) is 0.586. The average molecular weight is 350 g/mol. The van der Waals surface area contributed by atoms with Crippen LogP contribution in [0.3, 0.4) is 0 Å². The minimum Gasteiger partial charge on any atom is -0.781 e. The van der Waals surface area contributed by atoms with Gasteiger partial charge in [-0.05, 0) is 35.4 Å². The molecule has 1 aromatic rings. The second-order valence-corrected chi connectivity index (χ2v) is 8.28. The Morgan fingerprint density at radius 3 is 1.78 bits per heavy atom. The SMILES string of the molecule is CCOc1c(C(C)(C)C)cc(CO[PH](=O)[O-])cc1C(C)(C)C.[Na+]. The zero-order valence-electron chi connectivity index (χ0n) is 15.7. The van der Waals surface area contributed by atoms with Crippen LogP contribution in [0.1, 0.15) is 65.2 Å². The fourth-order valence-corrected chi connectivity index (χ4v) is 2.61. The van der Waals surface area contributed by atoms with Crippen LogP contribution in [0.2, 0.25) is 0 Å². The van der Waals surface area contributed by atoms with Crippen molar-refractivity contribution in [2.45, 2.75) is 65.9 Å². The molecule has 0 heterocycles. The first-order valence-corrected chi connectivity index (χ1v) is 8.83. The van der Waals surface area contributed by atoms with Gasteiger partial charge in [0, 0.05) is 11.1 Å². The first-order chi connectivity index (χ1) is 9.96. The van der Waals surface area contributed by atoms with Gasteiger partial charge in [-0.3, -0.25) is 0 Å². The molecule has 0 saturated carbocycles. The van der Waals surface area contributed by atoms with Crippen molar-refractivity contribution in [3.05, 3.63) is 28.8 Å². The predicted molar refractivity (Wildman–Crippen MR) is 88.8 cm³/mol. The van der Waals surface area contributed by atoms with Crippen LogP contribution in [-0.4, -0.2) is 6.61 Å². The molecule has 0 bridgehead atoms. The fraction of sp³-hybridized carbons (Fsp3) is 0.647. The summed E-state index contributed by atoms with van der Waals surface area (Å²) in [6, 6.07) is 3.98. The van der Waals surface area contributed by atoms with E-state index in [9.17, 15) is 9.46 Å². The molecule has 1 atom stereocenters. The van der Waals surface area contributed by atoms with E-state index in [0.717, 1.165) is 22.4 Å². The van der Waals surface area contributed by atoms with Gasteiger partial charge in [0.1, 0.15) is 14.0 Å². The Kier molecular flexibility index (Phi) is 9.10. The van der Waals surface area contributed by atoms with E-state index in [4.69, 9.17) is 9.26 Å². The Labute approximate surface area is 163 Å². The summed E-state index contributed by atoms with van der Waals surface area (Å²) in [6.07, 6.45) is 0. The van der Waals surface area contributed by atoms with E-state index in [1.165, 1.54) is 0 Å². The van der Waals surface area contributed by atoms with E-state index in [-0.39, 0.29) is 47.0 Å². The van der Waals surface area contributed by atoms with Crippen LogP contribution in [0.15, 0.2) is 12.1 Å². The van der Waals surface area contributed by atoms with Gasteiger partial charge in [-0.2, -0.15) is 0 Å². The number of hydrogen-bond acceptors (Lipinski definition) is 4. The topological polar surface area (TPSA) is 58.6 Å². The van der Waals surface area contributed by atoms with Crippen LogP contribution in [0.25, 0.3) is 0 Å². The largest absolute Gasteiger partial charge is 1.00 e. The van der Waals surface area contributed by atoms with Gasteiger partial charge in [0.25, 0.3) is 0 Å². The molecule has 1 rings (SSSR count). The van der Waals surface area contributed by atoms with Gasteiger partial charge in [0.15, 0.2) is 0 Å². The monoisotopic (exact) mass is 350 g/mol. The second-order valence-electron chi connectivity index (χ2n) is 7.49. The molecular weight excluding hydrogens is 322 g/mol. The molecule has 0 aliphatic carbocycles. The number of rotatable bonds is 5. The Balaban J connectivity index is 0.00000484. The third kappa shape index (κ3) is 6.89. The standard InChI is InChI=1S/C17H29O4P.Na/c1-8-20-15-13(16(2,3)4)9-12(11-21-22(18)19)10-14(15)17(5,6)7;/h9-10,22H,8,11H2,1-7H3,(H,18,19);/q;+1/p-1. The molecule has 0 fully saturated rings. The van der Waals surface area contributed by atoms with Crippen molar-refractivity contribution < 1.29 is 48.3 Å². The van der Waals surface area contributed by atoms with E-state index in [2.05, 4.69) is 41.5 Å². The molecule has 0 aliphatic heterocycles. The third-order valence-electron chi connectivity index (χ3n) is 3.41. The van der Waals surface area contributed by atoms with Crippen molar-refractivity contribution in [3.8, 4) is 5.75 Å². The first-order valence-electron chi connectivity index (χ1n) is 7.61. The summed E-state index contributed by atoms with van der Waals surface area (Å²) in [6.45, 7) is 15.4. The first kappa shape index (κ1) is 23.2. The van der Waals surface area contributed by atoms with Gasteiger partial charge in [0.2, 0.25) is 0 Å². The Bertz CT molecular complexity index is 509. The summed E-state index contributed by atoms with van der Waals surface area (Å²) in [5.41, 5.74) is 2.79. The number of ether oxygens (including phenoxy) is 1. The number of benzene rings is 1. The van der Waals surface area contributed by atoms with Gasteiger partial charge >= 0.3 is 29.6 Å². The molecule has 0 saturated heterocycles. The van der Waals surface area contributed by atoms with Crippen molar-refractivity contribution in [2.75, 3.05) is 6.61 Å². The second kappa shape index (κ2) is 9.03. The van der Waals surface area contributed by atoms with Crippen molar-refractivity contribution in [2.24, 2.45) is 0 Å². The molecule has 1 unspecified atom stereocenters. The predicted octanol–water partition coefficient (Wildman–Crippen LogP) is 0.951. The van der Waals surface area contributed by atoms with Gasteiger partial charge in [-0.1, -0.05) is 41.5 Å². The molecular formula is C17H28NaO4P. The van der Waals surface area contributed by atoms with Gasteiger partial charge in [0.05, 0.1) is 13.2 Å². The summed E-state index contributed by atoms with van der Waals surface area (Å²) < 4.78 is 21.5. The van der Waals surface area contributed by atoms with E-state index in [1.54, 1.807) is 0 Å². The third-order valence-corrected chi connectivity index (χ3v) is 3.79. The zero-order chi connectivity index (χ0) is 17.1. The molecule has 0 aliphatic rings. The maximum absolute atomic E-state index is 10.7. The maximum atomic E-state index is 10.7. The van der Waals surface area contributed by atoms with Crippen molar-refractivity contribution in [1.82, 2.24) is 0 Å². The molecule has 0 N–H and O–H groups in total. The van der Waals surface area contributed by atoms with Crippen molar-refractivity contribution in [1.29, 1.82) is 0 Å². The molecule has 6 heteroatoms. The average Bonchev–Trinajstić information content (AvgIpc) is 2.34. The smallest absolute Gasteiger partial charge is 0.781 e. The van der Waals surface area contributed by atoms with Crippen molar-refractivity contribution >= 4 is 8.25 Å². The molecule has 0 amide bonds. The minimum absolute atomic E-state index is 0. The Morgan fingerprint density at radius 1 is 1.04 bits per heavy atom. The molecule has 1 aromatic carbocycles. The summed E-state index contributed by atoms with van der Waals surface area (Å²) in [5, 5.41) is 0. The maximum Gasteiger partial charge on any atom is 1.00 e. The van der Waals surface area contributed by atoms with Crippen LogP contribution in [0.5, 0.6) is 5.75 Å². The molecule has 126 valence electrons. The molecule has 0 spiro atoms. The van der Waals surface area contributed by atoms with E-state index < -0.39 is 8.25 Å². The van der Waals surface area contributed by atoms with Crippen LogP contribution in [0.4, 0.5) is 0 Å². The zero-order valence-corrected chi connectivity index (χ0v) is 18.7. The van der Waals surface area contributed by atoms with Crippen LogP contribution >= 0.6 is 8.25 Å². The van der Waals surface area contributed by atoms with E-state index in [0.29, 0.717) is 6.61 Å². The Hall–Kier alpha value is 0.170. The van der Waals surface area contributed by atoms with Gasteiger partial charge < -0.3 is 18.7 Å². The summed E-state index contributed by atoms with van der Waals surface area (Å²) in [5.74, 6) is 0.904. The summed E-state index contributed by atoms with van der Waals surface area (Å²) >= 11 is 0. The molecule has 4 nitrogen and oxygen atoms in total. The Morgan fingerprint density at radius 2 is 1.48 bits per heavy atom. The van der Waals surface area contributed by atoms with Gasteiger partial charge in [-0.15, -0.1) is 0 Å². The molecule has 23 heavy (non-hydrogen) atoms.